The van der Waals surface area contributed by atoms with Gasteiger partial charge in [0, 0.05) is 12.4 Å². The summed E-state index contributed by atoms with van der Waals surface area (Å²) in [6, 6.07) is 3.44. The van der Waals surface area contributed by atoms with Gasteiger partial charge in [-0.3, -0.25) is 9.78 Å². The van der Waals surface area contributed by atoms with Crippen LogP contribution in [-0.4, -0.2) is 39.3 Å². The fraction of sp³-hybridized carbons (Fsp3) is 0.750. The van der Waals surface area contributed by atoms with Crippen molar-refractivity contribution in [3.8, 4) is 0 Å². The second-order valence-electron chi connectivity index (χ2n) is 16.3. The van der Waals surface area contributed by atoms with Crippen LogP contribution in [-0.2, 0) is 9.53 Å². The summed E-state index contributed by atoms with van der Waals surface area (Å²) in [5.41, 5.74) is 0.520. The summed E-state index contributed by atoms with van der Waals surface area (Å²) in [5, 5.41) is 22.3. The molecule has 1 aromatic rings. The summed E-state index contributed by atoms with van der Waals surface area (Å²) in [4.78, 5) is 30.2. The van der Waals surface area contributed by atoms with Gasteiger partial charge in [0.05, 0.1) is 17.1 Å². The number of nitrogens with zero attached hydrogens (tertiary/aromatic N) is 1. The van der Waals surface area contributed by atoms with Crippen molar-refractivity contribution in [2.75, 3.05) is 0 Å². The summed E-state index contributed by atoms with van der Waals surface area (Å²) in [7, 11) is 0. The monoisotopic (exact) mass is 577 g/mol. The highest BCUT2D eigenvalue weighted by atomic mass is 16.6. The van der Waals surface area contributed by atoms with Crippen LogP contribution in [0.15, 0.2) is 36.2 Å². The van der Waals surface area contributed by atoms with E-state index in [1.165, 1.54) is 11.8 Å². The van der Waals surface area contributed by atoms with E-state index < -0.39 is 35.0 Å². The van der Waals surface area contributed by atoms with Crippen molar-refractivity contribution in [2.24, 2.45) is 56.7 Å². The van der Waals surface area contributed by atoms with E-state index in [4.69, 9.17) is 4.74 Å². The summed E-state index contributed by atoms with van der Waals surface area (Å²) in [6.07, 6.45) is 11.3. The summed E-state index contributed by atoms with van der Waals surface area (Å²) >= 11 is 0. The van der Waals surface area contributed by atoms with Gasteiger partial charge in [-0.15, -0.1) is 0 Å². The maximum absolute atomic E-state index is 13.2. The predicted molar refractivity (Wildman–Crippen MR) is 161 cm³/mol. The van der Waals surface area contributed by atoms with Gasteiger partial charge in [-0.2, -0.15) is 0 Å². The molecule has 5 aliphatic carbocycles. The lowest BCUT2D eigenvalue weighted by atomic mass is 9.33. The van der Waals surface area contributed by atoms with Crippen molar-refractivity contribution in [1.82, 2.24) is 4.98 Å². The Kier molecular flexibility index (Phi) is 6.85. The highest BCUT2D eigenvalue weighted by Crippen LogP contribution is 2.75. The first kappa shape index (κ1) is 29.8. The third-order valence-corrected chi connectivity index (χ3v) is 14.5. The Bertz CT molecular complexity index is 1290. The van der Waals surface area contributed by atoms with Crippen molar-refractivity contribution in [3.05, 3.63) is 41.7 Å². The van der Waals surface area contributed by atoms with E-state index in [1.54, 1.807) is 18.3 Å². The molecule has 0 bridgehead atoms. The fourth-order valence-corrected chi connectivity index (χ4v) is 11.8. The average molecular weight is 578 g/mol. The quantitative estimate of drug-likeness (QED) is 0.289. The van der Waals surface area contributed by atoms with Gasteiger partial charge < -0.3 is 14.9 Å². The largest absolute Gasteiger partial charge is 0.481 e. The lowest BCUT2D eigenvalue weighted by Crippen LogP contribution is -2.67. The van der Waals surface area contributed by atoms with Gasteiger partial charge in [0.1, 0.15) is 6.10 Å². The Morgan fingerprint density at radius 1 is 1.00 bits per heavy atom. The molecule has 2 N–H and O–H groups in total. The molecule has 6 heteroatoms. The third kappa shape index (κ3) is 3.81. The zero-order valence-corrected chi connectivity index (χ0v) is 26.7. The molecule has 0 radical (unpaired) electrons. The van der Waals surface area contributed by atoms with E-state index in [0.29, 0.717) is 35.7 Å². The molecule has 42 heavy (non-hydrogen) atoms. The third-order valence-electron chi connectivity index (χ3n) is 14.5. The normalized spacial score (nSPS) is 47.5. The van der Waals surface area contributed by atoms with Crippen LogP contribution in [0.5, 0.6) is 0 Å². The number of carbonyl (C=O) groups is 2. The molecule has 6 nitrogen and oxygen atoms in total. The van der Waals surface area contributed by atoms with E-state index in [2.05, 4.69) is 59.5 Å². The molecule has 6 rings (SSSR count). The zero-order valence-electron chi connectivity index (χ0n) is 26.7. The minimum Gasteiger partial charge on any atom is -0.481 e. The summed E-state index contributed by atoms with van der Waals surface area (Å²) < 4.78 is 6.11. The predicted octanol–water partition coefficient (Wildman–Crippen LogP) is 7.32. The van der Waals surface area contributed by atoms with Crippen molar-refractivity contribution < 1.29 is 24.5 Å². The first-order chi connectivity index (χ1) is 19.6. The Morgan fingerprint density at radius 2 is 1.74 bits per heavy atom. The number of carboxylic acid groups (broad SMARTS) is 1. The topological polar surface area (TPSA) is 96.7 Å². The van der Waals surface area contributed by atoms with Crippen molar-refractivity contribution in [1.29, 1.82) is 0 Å². The molecule has 11 atom stereocenters. The molecule has 1 aromatic heterocycles. The lowest BCUT2D eigenvalue weighted by Gasteiger charge is -2.71. The second kappa shape index (κ2) is 9.64. The van der Waals surface area contributed by atoms with Crippen molar-refractivity contribution in [2.45, 2.75) is 112 Å². The number of allylic oxidation sites excluding steroid dienone is 2. The van der Waals surface area contributed by atoms with Crippen molar-refractivity contribution >= 4 is 11.9 Å². The number of aromatic nitrogens is 1. The first-order valence-electron chi connectivity index (χ1n) is 16.4. The van der Waals surface area contributed by atoms with E-state index in [9.17, 15) is 19.8 Å². The number of aliphatic hydroxyl groups is 1. The van der Waals surface area contributed by atoms with Crippen LogP contribution in [0.2, 0.25) is 0 Å². The number of carbonyl (C=O) groups excluding carboxylic acids is 1. The number of hydrogen-bond donors (Lipinski definition) is 2. The smallest absolute Gasteiger partial charge is 0.340 e. The molecule has 230 valence electrons. The number of carboxylic acids is 1. The van der Waals surface area contributed by atoms with Gasteiger partial charge in [-0.1, -0.05) is 60.1 Å². The molecule has 3 unspecified atom stereocenters. The van der Waals surface area contributed by atoms with E-state index in [0.717, 1.165) is 44.9 Å². The van der Waals surface area contributed by atoms with E-state index in [1.807, 2.05) is 0 Å². The lowest BCUT2D eigenvalue weighted by molar-refractivity contribution is -0.232. The van der Waals surface area contributed by atoms with Crippen LogP contribution in [0.25, 0.3) is 0 Å². The van der Waals surface area contributed by atoms with Gasteiger partial charge >= 0.3 is 11.9 Å². The molecule has 0 aliphatic heterocycles. The Hall–Kier alpha value is -2.21. The molecular formula is C36H51NO5. The van der Waals surface area contributed by atoms with Gasteiger partial charge in [0.25, 0.3) is 0 Å². The summed E-state index contributed by atoms with van der Waals surface area (Å²) in [6.45, 7) is 16.3. The molecule has 4 saturated carbocycles. The van der Waals surface area contributed by atoms with Crippen LogP contribution in [0.4, 0.5) is 0 Å². The number of hydrogen-bond acceptors (Lipinski definition) is 5. The number of fused-ring (bicyclic) bond motifs is 7. The molecular weight excluding hydrogens is 526 g/mol. The molecule has 0 aromatic carbocycles. The average Bonchev–Trinajstić information content (AvgIpc) is 2.94. The van der Waals surface area contributed by atoms with Crippen LogP contribution in [0.1, 0.15) is 110 Å². The fourth-order valence-electron chi connectivity index (χ4n) is 11.8. The highest BCUT2D eigenvalue weighted by Gasteiger charge is 2.70. The van der Waals surface area contributed by atoms with Gasteiger partial charge in [0.15, 0.2) is 0 Å². The summed E-state index contributed by atoms with van der Waals surface area (Å²) in [5.74, 6) is 0.544. The molecule has 0 saturated heterocycles. The number of aliphatic hydroxyl groups excluding tert-OH is 1. The minimum atomic E-state index is -0.749. The minimum absolute atomic E-state index is 0.0102. The van der Waals surface area contributed by atoms with Gasteiger partial charge in [-0.05, 0) is 115 Å². The van der Waals surface area contributed by atoms with E-state index >= 15 is 0 Å². The number of ether oxygens (including phenoxy) is 1. The number of pyridine rings is 1. The Morgan fingerprint density at radius 3 is 2.40 bits per heavy atom. The van der Waals surface area contributed by atoms with E-state index in [-0.39, 0.29) is 22.2 Å². The SMILES string of the molecule is C[C@@H]1CC[C@]2(C(=O)O)CC[C@]3(C)C(=CCC4[C@@]5(C)C[C@@H](OC(=O)c6cccnc6)[C@H](O)C(C)(C)C5CC[C@]43C)C2[C@H]1C. The van der Waals surface area contributed by atoms with Crippen LogP contribution in [0.3, 0.4) is 0 Å². The highest BCUT2D eigenvalue weighted by molar-refractivity contribution is 5.89. The standard InChI is InChI=1S/C36H51NO5/c1-21-12-15-36(31(40)41)17-16-34(6)24(28(36)22(21)2)10-11-27-33(5)19-25(42-30(39)23-9-8-18-37-20-23)29(38)32(3,4)26(33)13-14-35(27,34)7/h8-10,18,20-22,25-29,38H,11-17,19H2,1-7H3,(H,40,41)/t21-,22+,25-,26?,27?,28?,29+,33+,34-,35-,36+/m1/s1. The molecule has 4 fully saturated rings. The molecule has 5 aliphatic rings. The maximum Gasteiger partial charge on any atom is 0.340 e. The number of rotatable bonds is 3. The van der Waals surface area contributed by atoms with Crippen LogP contribution in [0, 0.1) is 56.7 Å². The Labute approximate surface area is 251 Å². The first-order valence-corrected chi connectivity index (χ1v) is 16.4. The number of esters is 1. The van der Waals surface area contributed by atoms with Crippen LogP contribution >= 0.6 is 0 Å². The van der Waals surface area contributed by atoms with Gasteiger partial charge in [-0.25, -0.2) is 4.79 Å². The maximum atomic E-state index is 13.2. The number of aliphatic carboxylic acids is 1. The van der Waals surface area contributed by atoms with Gasteiger partial charge in [0.2, 0.25) is 0 Å². The van der Waals surface area contributed by atoms with Crippen molar-refractivity contribution in [3.63, 3.8) is 0 Å². The molecule has 1 heterocycles. The molecule has 0 spiro atoms. The second-order valence-corrected chi connectivity index (χ2v) is 16.3. The molecule has 0 amide bonds. The van der Waals surface area contributed by atoms with Crippen LogP contribution < -0.4 is 0 Å². The Balaban J connectivity index is 1.39. The zero-order chi connectivity index (χ0) is 30.5.